The van der Waals surface area contributed by atoms with E-state index in [-0.39, 0.29) is 12.1 Å². The summed E-state index contributed by atoms with van der Waals surface area (Å²) in [5.74, 6) is 0. The van der Waals surface area contributed by atoms with E-state index in [0.29, 0.717) is 5.02 Å². The number of aromatic nitrogens is 4. The topological polar surface area (TPSA) is 61.7 Å². The van der Waals surface area contributed by atoms with E-state index >= 15 is 0 Å². The molecule has 2 rings (SSSR count). The molecule has 5 nitrogen and oxygen atoms in total. The number of rotatable bonds is 3. The molecule has 0 aromatic carbocycles. The second kappa shape index (κ2) is 4.50. The Balaban J connectivity index is 2.43. The monoisotopic (exact) mass is 253 g/mol. The molecule has 1 atom stereocenters. The lowest BCUT2D eigenvalue weighted by molar-refractivity contribution is 0.496. The van der Waals surface area contributed by atoms with Gasteiger partial charge >= 0.3 is 0 Å². The van der Waals surface area contributed by atoms with Gasteiger partial charge in [0.15, 0.2) is 0 Å². The molecule has 0 saturated heterocycles. The van der Waals surface area contributed by atoms with Crippen LogP contribution in [0.3, 0.4) is 0 Å². The molecular weight excluding hydrogens is 238 g/mol. The van der Waals surface area contributed by atoms with Gasteiger partial charge in [-0.1, -0.05) is 11.6 Å². The zero-order valence-corrected chi connectivity index (χ0v) is 10.9. The van der Waals surface area contributed by atoms with Crippen LogP contribution in [-0.4, -0.2) is 19.6 Å². The first-order chi connectivity index (χ1) is 8.00. The van der Waals surface area contributed by atoms with Gasteiger partial charge in [-0.25, -0.2) is 0 Å². The van der Waals surface area contributed by atoms with Crippen LogP contribution in [0.5, 0.6) is 0 Å². The molecule has 2 aromatic heterocycles. The van der Waals surface area contributed by atoms with Gasteiger partial charge in [-0.05, 0) is 19.9 Å². The summed E-state index contributed by atoms with van der Waals surface area (Å²) in [6.45, 7) is 4.08. The number of hydrogen-bond donors (Lipinski definition) is 1. The van der Waals surface area contributed by atoms with Gasteiger partial charge < -0.3 is 5.73 Å². The molecule has 92 valence electrons. The van der Waals surface area contributed by atoms with Crippen molar-refractivity contribution in [2.24, 2.45) is 12.8 Å². The molecule has 0 spiro atoms. The van der Waals surface area contributed by atoms with Crippen LogP contribution >= 0.6 is 11.6 Å². The fraction of sp³-hybridized carbons (Fsp3) is 0.455. The Morgan fingerprint density at radius 3 is 2.65 bits per heavy atom. The number of nitrogens with zero attached hydrogens (tertiary/aromatic N) is 4. The van der Waals surface area contributed by atoms with E-state index in [0.717, 1.165) is 11.4 Å². The number of nitrogens with two attached hydrogens (primary N) is 1. The maximum Gasteiger partial charge on any atom is 0.0931 e. The van der Waals surface area contributed by atoms with Crippen LogP contribution in [0, 0.1) is 0 Å². The summed E-state index contributed by atoms with van der Waals surface area (Å²) in [6.07, 6.45) is 3.48. The highest BCUT2D eigenvalue weighted by Crippen LogP contribution is 2.27. The minimum absolute atomic E-state index is 0.215. The van der Waals surface area contributed by atoms with Crippen molar-refractivity contribution in [1.29, 1.82) is 0 Å². The summed E-state index contributed by atoms with van der Waals surface area (Å²) in [5, 5.41) is 9.12. The molecule has 0 fully saturated rings. The van der Waals surface area contributed by atoms with Crippen molar-refractivity contribution in [3.05, 3.63) is 34.9 Å². The van der Waals surface area contributed by atoms with Crippen LogP contribution < -0.4 is 5.73 Å². The molecule has 6 heteroatoms. The first-order valence-corrected chi connectivity index (χ1v) is 5.86. The summed E-state index contributed by atoms with van der Waals surface area (Å²) in [7, 11) is 1.86. The average molecular weight is 254 g/mol. The summed E-state index contributed by atoms with van der Waals surface area (Å²) in [5.41, 5.74) is 7.79. The molecule has 0 amide bonds. The minimum Gasteiger partial charge on any atom is -0.318 e. The predicted octanol–water partition coefficient (Wildman–Crippen LogP) is 1.90. The van der Waals surface area contributed by atoms with E-state index in [2.05, 4.69) is 10.2 Å². The third kappa shape index (κ3) is 2.21. The standard InChI is InChI=1S/C11H16ClN5/c1-7(2)17-11(8(12)6-14-17)10(13)9-4-5-16(3)15-9/h4-7,10H,13H2,1-3H3. The Bertz CT molecular complexity index is 514. The quantitative estimate of drug-likeness (QED) is 0.909. The Morgan fingerprint density at radius 1 is 1.41 bits per heavy atom. The van der Waals surface area contributed by atoms with E-state index in [9.17, 15) is 0 Å². The van der Waals surface area contributed by atoms with Gasteiger partial charge in [0.2, 0.25) is 0 Å². The number of aryl methyl sites for hydroxylation is 1. The Labute approximate surface area is 105 Å². The lowest BCUT2D eigenvalue weighted by Crippen LogP contribution is -2.19. The first kappa shape index (κ1) is 12.1. The molecule has 1 unspecified atom stereocenters. The van der Waals surface area contributed by atoms with Crippen molar-refractivity contribution in [2.75, 3.05) is 0 Å². The SMILES string of the molecule is CC(C)n1ncc(Cl)c1C(N)c1ccn(C)n1. The van der Waals surface area contributed by atoms with Gasteiger partial charge in [-0.3, -0.25) is 9.36 Å². The van der Waals surface area contributed by atoms with E-state index < -0.39 is 0 Å². The number of halogens is 1. The summed E-state index contributed by atoms with van der Waals surface area (Å²) in [4.78, 5) is 0. The van der Waals surface area contributed by atoms with Gasteiger partial charge in [0.05, 0.1) is 28.6 Å². The molecule has 0 saturated carbocycles. The summed E-state index contributed by atoms with van der Waals surface area (Å²) >= 11 is 6.14. The highest BCUT2D eigenvalue weighted by molar-refractivity contribution is 6.31. The Kier molecular flexibility index (Phi) is 3.22. The maximum absolute atomic E-state index is 6.19. The van der Waals surface area contributed by atoms with Crippen molar-refractivity contribution in [2.45, 2.75) is 25.9 Å². The van der Waals surface area contributed by atoms with Gasteiger partial charge in [0, 0.05) is 19.3 Å². The molecule has 0 aliphatic carbocycles. The Hall–Kier alpha value is -1.33. The van der Waals surface area contributed by atoms with Crippen LogP contribution in [0.1, 0.15) is 37.3 Å². The van der Waals surface area contributed by atoms with Crippen LogP contribution in [0.25, 0.3) is 0 Å². The van der Waals surface area contributed by atoms with Crippen LogP contribution in [0.4, 0.5) is 0 Å². The van der Waals surface area contributed by atoms with Gasteiger partial charge in [0.1, 0.15) is 0 Å². The van der Waals surface area contributed by atoms with Crippen molar-refractivity contribution in [1.82, 2.24) is 19.6 Å². The molecule has 0 bridgehead atoms. The first-order valence-electron chi connectivity index (χ1n) is 5.48. The van der Waals surface area contributed by atoms with E-state index in [4.69, 9.17) is 17.3 Å². The fourth-order valence-electron chi connectivity index (χ4n) is 1.79. The van der Waals surface area contributed by atoms with Gasteiger partial charge in [0.25, 0.3) is 0 Å². The molecule has 0 radical (unpaired) electrons. The lowest BCUT2D eigenvalue weighted by Gasteiger charge is -2.15. The highest BCUT2D eigenvalue weighted by atomic mass is 35.5. The van der Waals surface area contributed by atoms with E-state index in [1.165, 1.54) is 0 Å². The smallest absolute Gasteiger partial charge is 0.0931 e. The molecule has 17 heavy (non-hydrogen) atoms. The molecule has 0 aliphatic heterocycles. The minimum atomic E-state index is -0.353. The average Bonchev–Trinajstić information content (AvgIpc) is 2.83. The highest BCUT2D eigenvalue weighted by Gasteiger charge is 2.21. The van der Waals surface area contributed by atoms with Crippen molar-refractivity contribution >= 4 is 11.6 Å². The molecule has 2 aromatic rings. The maximum atomic E-state index is 6.19. The molecule has 2 heterocycles. The molecule has 0 aliphatic rings. The second-order valence-electron chi connectivity index (χ2n) is 4.31. The van der Waals surface area contributed by atoms with Crippen LogP contribution in [0.2, 0.25) is 5.02 Å². The van der Waals surface area contributed by atoms with E-state index in [1.54, 1.807) is 10.9 Å². The second-order valence-corrected chi connectivity index (χ2v) is 4.72. The normalized spacial score (nSPS) is 13.3. The van der Waals surface area contributed by atoms with Crippen LogP contribution in [0.15, 0.2) is 18.5 Å². The van der Waals surface area contributed by atoms with Crippen molar-refractivity contribution in [3.8, 4) is 0 Å². The summed E-state index contributed by atoms with van der Waals surface area (Å²) in [6, 6.07) is 1.75. The molecular formula is C11H16ClN5. The third-order valence-corrected chi connectivity index (χ3v) is 2.91. The largest absolute Gasteiger partial charge is 0.318 e. The Morgan fingerprint density at radius 2 is 2.12 bits per heavy atom. The summed E-state index contributed by atoms with van der Waals surface area (Å²) < 4.78 is 3.56. The van der Waals surface area contributed by atoms with Crippen molar-refractivity contribution < 1.29 is 0 Å². The van der Waals surface area contributed by atoms with Crippen molar-refractivity contribution in [3.63, 3.8) is 0 Å². The lowest BCUT2D eigenvalue weighted by atomic mass is 10.1. The third-order valence-electron chi connectivity index (χ3n) is 2.62. The van der Waals surface area contributed by atoms with Gasteiger partial charge in [-0.2, -0.15) is 10.2 Å². The number of hydrogen-bond acceptors (Lipinski definition) is 3. The fourth-order valence-corrected chi connectivity index (χ4v) is 2.04. The van der Waals surface area contributed by atoms with Crippen LogP contribution in [-0.2, 0) is 7.05 Å². The van der Waals surface area contributed by atoms with E-state index in [1.807, 2.05) is 37.8 Å². The zero-order chi connectivity index (χ0) is 12.6. The predicted molar refractivity (Wildman–Crippen MR) is 66.9 cm³/mol. The molecule has 2 N–H and O–H groups in total. The zero-order valence-electron chi connectivity index (χ0n) is 10.1. The van der Waals surface area contributed by atoms with Gasteiger partial charge in [-0.15, -0.1) is 0 Å².